The molecule has 2 N–H and O–H groups in total. The van der Waals surface area contributed by atoms with Gasteiger partial charge >= 0.3 is 0 Å². The van der Waals surface area contributed by atoms with Crippen LogP contribution in [0.15, 0.2) is 36.4 Å². The third-order valence-corrected chi connectivity index (χ3v) is 3.81. The number of methoxy groups -OCH3 is 2. The van der Waals surface area contributed by atoms with Gasteiger partial charge in [0.25, 0.3) is 0 Å². The van der Waals surface area contributed by atoms with Crippen LogP contribution in [0.25, 0.3) is 0 Å². The highest BCUT2D eigenvalue weighted by Crippen LogP contribution is 2.27. The summed E-state index contributed by atoms with van der Waals surface area (Å²) in [5.74, 6) is 1.19. The van der Waals surface area contributed by atoms with Gasteiger partial charge in [0.05, 0.1) is 20.8 Å². The van der Waals surface area contributed by atoms with E-state index in [4.69, 9.17) is 21.1 Å². The van der Waals surface area contributed by atoms with E-state index in [0.29, 0.717) is 23.1 Å². The van der Waals surface area contributed by atoms with Crippen molar-refractivity contribution in [2.75, 3.05) is 26.1 Å². The smallest absolute Gasteiger partial charge is 0.239 e. The fraction of sp³-hybridized carbons (Fsp3) is 0.278. The molecule has 24 heavy (non-hydrogen) atoms. The van der Waals surface area contributed by atoms with Crippen LogP contribution in [0.4, 0.5) is 5.69 Å². The van der Waals surface area contributed by atoms with Crippen molar-refractivity contribution < 1.29 is 14.3 Å². The van der Waals surface area contributed by atoms with Crippen LogP contribution >= 0.6 is 11.6 Å². The van der Waals surface area contributed by atoms with Gasteiger partial charge in [-0.2, -0.15) is 0 Å². The maximum atomic E-state index is 12.0. The van der Waals surface area contributed by atoms with E-state index in [1.807, 2.05) is 37.3 Å². The summed E-state index contributed by atoms with van der Waals surface area (Å²) in [6, 6.07) is 11.1. The fourth-order valence-electron chi connectivity index (χ4n) is 2.21. The molecule has 1 amide bonds. The van der Waals surface area contributed by atoms with Crippen molar-refractivity contribution >= 4 is 23.2 Å². The SMILES string of the molecule is COc1ccc(CNC(=O)CNc2cc(Cl)ccc2C)cc1OC. The maximum Gasteiger partial charge on any atom is 0.239 e. The number of halogens is 1. The first-order valence-electron chi connectivity index (χ1n) is 7.51. The maximum absolute atomic E-state index is 12.0. The Balaban J connectivity index is 1.88. The summed E-state index contributed by atoms with van der Waals surface area (Å²) < 4.78 is 10.4. The standard InChI is InChI=1S/C18H21ClN2O3/c1-12-4-6-14(19)9-15(12)20-11-18(22)21-10-13-5-7-16(23-2)17(8-13)24-3/h4-9,20H,10-11H2,1-3H3,(H,21,22). The number of rotatable bonds is 7. The number of aryl methyl sites for hydroxylation is 1. The summed E-state index contributed by atoms with van der Waals surface area (Å²) in [7, 11) is 3.17. The summed E-state index contributed by atoms with van der Waals surface area (Å²) in [6.07, 6.45) is 0. The Hall–Kier alpha value is -2.40. The van der Waals surface area contributed by atoms with Gasteiger partial charge in [-0.05, 0) is 42.3 Å². The highest BCUT2D eigenvalue weighted by molar-refractivity contribution is 6.30. The van der Waals surface area contributed by atoms with Gasteiger partial charge in [-0.3, -0.25) is 4.79 Å². The summed E-state index contributed by atoms with van der Waals surface area (Å²) in [5.41, 5.74) is 2.82. The second kappa shape index (κ2) is 8.45. The largest absolute Gasteiger partial charge is 0.493 e. The molecule has 0 aliphatic carbocycles. The van der Waals surface area contributed by atoms with E-state index < -0.39 is 0 Å². The molecule has 0 aliphatic rings. The molecular weight excluding hydrogens is 328 g/mol. The van der Waals surface area contributed by atoms with Crippen LogP contribution in [-0.2, 0) is 11.3 Å². The third-order valence-electron chi connectivity index (χ3n) is 3.58. The molecule has 0 bridgehead atoms. The lowest BCUT2D eigenvalue weighted by atomic mass is 10.2. The highest BCUT2D eigenvalue weighted by Gasteiger charge is 2.07. The lowest BCUT2D eigenvalue weighted by molar-refractivity contribution is -0.119. The lowest BCUT2D eigenvalue weighted by Gasteiger charge is -2.12. The van der Waals surface area contributed by atoms with Crippen LogP contribution in [0.3, 0.4) is 0 Å². The van der Waals surface area contributed by atoms with Gasteiger partial charge in [-0.1, -0.05) is 23.7 Å². The summed E-state index contributed by atoms with van der Waals surface area (Å²) >= 11 is 5.96. The van der Waals surface area contributed by atoms with E-state index >= 15 is 0 Å². The Labute approximate surface area is 146 Å². The second-order valence-electron chi connectivity index (χ2n) is 5.28. The zero-order valence-corrected chi connectivity index (χ0v) is 14.7. The van der Waals surface area contributed by atoms with Crippen LogP contribution in [0, 0.1) is 6.92 Å². The molecule has 0 spiro atoms. The molecule has 0 aromatic heterocycles. The molecule has 0 radical (unpaired) electrons. The van der Waals surface area contributed by atoms with Crippen molar-refractivity contribution in [1.82, 2.24) is 5.32 Å². The molecule has 0 saturated heterocycles. The van der Waals surface area contributed by atoms with Crippen LogP contribution in [0.1, 0.15) is 11.1 Å². The van der Waals surface area contributed by atoms with Crippen LogP contribution in [0.5, 0.6) is 11.5 Å². The molecule has 2 rings (SSSR count). The number of hydrogen-bond acceptors (Lipinski definition) is 4. The number of carbonyl (C=O) groups excluding carboxylic acids is 1. The molecule has 6 heteroatoms. The van der Waals surface area contributed by atoms with Gasteiger partial charge in [0.15, 0.2) is 11.5 Å². The van der Waals surface area contributed by atoms with Crippen LogP contribution < -0.4 is 20.1 Å². The molecule has 5 nitrogen and oxygen atoms in total. The van der Waals surface area contributed by atoms with E-state index in [0.717, 1.165) is 16.8 Å². The minimum Gasteiger partial charge on any atom is -0.493 e. The molecule has 0 aliphatic heterocycles. The quantitative estimate of drug-likeness (QED) is 0.805. The number of anilines is 1. The highest BCUT2D eigenvalue weighted by atomic mass is 35.5. The molecule has 0 saturated carbocycles. The van der Waals surface area contributed by atoms with Crippen molar-refractivity contribution in [2.45, 2.75) is 13.5 Å². The Morgan fingerprint density at radius 2 is 1.83 bits per heavy atom. The molecule has 0 heterocycles. The predicted molar refractivity (Wildman–Crippen MR) is 96.1 cm³/mol. The first-order valence-corrected chi connectivity index (χ1v) is 7.89. The van der Waals surface area contributed by atoms with Gasteiger partial charge in [0.1, 0.15) is 0 Å². The Morgan fingerprint density at radius 1 is 1.08 bits per heavy atom. The molecule has 0 fully saturated rings. The normalized spacial score (nSPS) is 10.2. The molecule has 2 aromatic rings. The van der Waals surface area contributed by atoms with Crippen molar-refractivity contribution in [2.24, 2.45) is 0 Å². The van der Waals surface area contributed by atoms with Gasteiger partial charge in [-0.25, -0.2) is 0 Å². The average molecular weight is 349 g/mol. The summed E-state index contributed by atoms with van der Waals surface area (Å²) in [5, 5.41) is 6.58. The minimum absolute atomic E-state index is 0.107. The third kappa shape index (κ3) is 4.80. The molecule has 128 valence electrons. The number of hydrogen-bond donors (Lipinski definition) is 2. The van der Waals surface area contributed by atoms with E-state index in [1.165, 1.54) is 0 Å². The van der Waals surface area contributed by atoms with E-state index in [-0.39, 0.29) is 12.5 Å². The summed E-state index contributed by atoms with van der Waals surface area (Å²) in [4.78, 5) is 12.0. The fourth-order valence-corrected chi connectivity index (χ4v) is 2.39. The summed E-state index contributed by atoms with van der Waals surface area (Å²) in [6.45, 7) is 2.55. The number of benzene rings is 2. The first kappa shape index (κ1) is 17.9. The van der Waals surface area contributed by atoms with E-state index in [2.05, 4.69) is 10.6 Å². The average Bonchev–Trinajstić information content (AvgIpc) is 2.60. The van der Waals surface area contributed by atoms with Crippen molar-refractivity contribution in [1.29, 1.82) is 0 Å². The molecular formula is C18H21ClN2O3. The van der Waals surface area contributed by atoms with E-state index in [9.17, 15) is 4.79 Å². The second-order valence-corrected chi connectivity index (χ2v) is 5.72. The van der Waals surface area contributed by atoms with E-state index in [1.54, 1.807) is 20.3 Å². The van der Waals surface area contributed by atoms with Crippen molar-refractivity contribution in [3.05, 3.63) is 52.5 Å². The van der Waals surface area contributed by atoms with Gasteiger partial charge < -0.3 is 20.1 Å². The number of amides is 1. The Kier molecular flexibility index (Phi) is 6.32. The monoisotopic (exact) mass is 348 g/mol. The Morgan fingerprint density at radius 3 is 2.54 bits per heavy atom. The van der Waals surface area contributed by atoms with Crippen molar-refractivity contribution in [3.63, 3.8) is 0 Å². The molecule has 0 atom stereocenters. The van der Waals surface area contributed by atoms with Crippen LogP contribution in [-0.4, -0.2) is 26.7 Å². The zero-order chi connectivity index (χ0) is 17.5. The minimum atomic E-state index is -0.107. The van der Waals surface area contributed by atoms with Gasteiger partial charge in [0, 0.05) is 17.3 Å². The molecule has 0 unspecified atom stereocenters. The lowest BCUT2D eigenvalue weighted by Crippen LogP contribution is -2.29. The number of carbonyl (C=O) groups is 1. The topological polar surface area (TPSA) is 59.6 Å². The van der Waals surface area contributed by atoms with Crippen molar-refractivity contribution in [3.8, 4) is 11.5 Å². The number of ether oxygens (including phenoxy) is 2. The molecule has 2 aromatic carbocycles. The predicted octanol–water partition coefficient (Wildman–Crippen LogP) is 3.39. The Bertz CT molecular complexity index is 719. The zero-order valence-electron chi connectivity index (χ0n) is 14.0. The van der Waals surface area contributed by atoms with Crippen LogP contribution in [0.2, 0.25) is 5.02 Å². The first-order chi connectivity index (χ1) is 11.5. The number of nitrogens with one attached hydrogen (secondary N) is 2. The van der Waals surface area contributed by atoms with Gasteiger partial charge in [0.2, 0.25) is 5.91 Å². The van der Waals surface area contributed by atoms with Gasteiger partial charge in [-0.15, -0.1) is 0 Å².